The van der Waals surface area contributed by atoms with Crippen LogP contribution in [0.3, 0.4) is 0 Å². The van der Waals surface area contributed by atoms with Gasteiger partial charge in [-0.1, -0.05) is 41.9 Å². The topological polar surface area (TPSA) is 24.4 Å². The smallest absolute Gasteiger partial charge is 0.0744 e. The van der Waals surface area contributed by atoms with E-state index in [4.69, 9.17) is 16.6 Å². The number of aliphatic imine (C=N–C) groups is 1. The van der Waals surface area contributed by atoms with Gasteiger partial charge >= 0.3 is 0 Å². The van der Waals surface area contributed by atoms with E-state index < -0.39 is 0 Å². The van der Waals surface area contributed by atoms with E-state index in [1.807, 2.05) is 36.4 Å². The normalized spacial score (nSPS) is 18.0. The molecule has 0 bridgehead atoms. The Kier molecular flexibility index (Phi) is 3.26. The van der Waals surface area contributed by atoms with E-state index in [9.17, 15) is 0 Å². The van der Waals surface area contributed by atoms with Gasteiger partial charge in [0.05, 0.1) is 11.8 Å². The third-order valence-corrected chi connectivity index (χ3v) is 3.46. The Hall–Kier alpha value is -1.80. The van der Waals surface area contributed by atoms with Crippen molar-refractivity contribution >= 4 is 23.0 Å². The van der Waals surface area contributed by atoms with Crippen LogP contribution in [0.25, 0.3) is 0 Å². The Balaban J connectivity index is 2.19. The van der Waals surface area contributed by atoms with Gasteiger partial charge in [0.15, 0.2) is 0 Å². The zero-order valence-corrected chi connectivity index (χ0v) is 11.5. The molecule has 1 heterocycles. The van der Waals surface area contributed by atoms with Crippen molar-refractivity contribution in [2.24, 2.45) is 4.99 Å². The Morgan fingerprint density at radius 1 is 1.16 bits per heavy atom. The first kappa shape index (κ1) is 12.2. The van der Waals surface area contributed by atoms with Gasteiger partial charge in [0.1, 0.15) is 0 Å². The maximum atomic E-state index is 6.14. The fraction of sp³-hybridized carbons (Fsp3) is 0.188. The third kappa shape index (κ3) is 2.49. The number of rotatable bonds is 1. The van der Waals surface area contributed by atoms with Crippen LogP contribution in [0.4, 0.5) is 5.69 Å². The Labute approximate surface area is 118 Å². The molecule has 2 nitrogen and oxygen atoms in total. The summed E-state index contributed by atoms with van der Waals surface area (Å²) in [7, 11) is 0. The summed E-state index contributed by atoms with van der Waals surface area (Å²) in [5.74, 6) is 0. The van der Waals surface area contributed by atoms with Crippen LogP contribution >= 0.6 is 11.6 Å². The lowest BCUT2D eigenvalue weighted by Gasteiger charge is -2.10. The lowest BCUT2D eigenvalue weighted by atomic mass is 10.0. The first-order valence-electron chi connectivity index (χ1n) is 6.41. The van der Waals surface area contributed by atoms with Gasteiger partial charge in [-0.15, -0.1) is 0 Å². The van der Waals surface area contributed by atoms with Crippen molar-refractivity contribution in [1.82, 2.24) is 0 Å². The highest BCUT2D eigenvalue weighted by atomic mass is 35.5. The molecule has 0 saturated heterocycles. The second-order valence-corrected chi connectivity index (χ2v) is 5.20. The van der Waals surface area contributed by atoms with Crippen molar-refractivity contribution in [1.29, 1.82) is 0 Å². The van der Waals surface area contributed by atoms with Gasteiger partial charge in [-0.3, -0.25) is 4.99 Å². The van der Waals surface area contributed by atoms with Gasteiger partial charge in [0, 0.05) is 28.4 Å². The molecular weight excluding hydrogens is 256 g/mol. The maximum Gasteiger partial charge on any atom is 0.0744 e. The first-order chi connectivity index (χ1) is 9.24. The number of nitrogens with one attached hydrogen (secondary N) is 1. The molecule has 0 fully saturated rings. The number of anilines is 1. The quantitative estimate of drug-likeness (QED) is 0.832. The summed E-state index contributed by atoms with van der Waals surface area (Å²) in [4.78, 5) is 4.82. The number of halogens is 1. The van der Waals surface area contributed by atoms with Crippen molar-refractivity contribution < 1.29 is 0 Å². The SMILES string of the molecule is C[C@H]1CNc2ccc(Cl)cc2C(c2ccccc2)=N1. The predicted octanol–water partition coefficient (Wildman–Crippen LogP) is 3.99. The number of nitrogens with zero attached hydrogens (tertiary/aromatic N) is 1. The lowest BCUT2D eigenvalue weighted by molar-refractivity contribution is 0.788. The molecule has 1 atom stereocenters. The zero-order valence-electron chi connectivity index (χ0n) is 10.7. The Morgan fingerprint density at radius 2 is 1.95 bits per heavy atom. The standard InChI is InChI=1S/C16H15ClN2/c1-11-10-18-15-8-7-13(17)9-14(15)16(19-11)12-5-3-2-4-6-12/h2-9,11,18H,10H2,1H3/t11-/m0/s1. The fourth-order valence-electron chi connectivity index (χ4n) is 2.29. The molecular formula is C16H15ClN2. The molecule has 1 aliphatic heterocycles. The molecule has 0 spiro atoms. The van der Waals surface area contributed by atoms with Gasteiger partial charge in [0.2, 0.25) is 0 Å². The Morgan fingerprint density at radius 3 is 2.74 bits per heavy atom. The van der Waals surface area contributed by atoms with Gasteiger partial charge in [0.25, 0.3) is 0 Å². The zero-order chi connectivity index (χ0) is 13.2. The van der Waals surface area contributed by atoms with Gasteiger partial charge in [-0.25, -0.2) is 0 Å². The number of hydrogen-bond acceptors (Lipinski definition) is 2. The molecule has 1 N–H and O–H groups in total. The van der Waals surface area contributed by atoms with Crippen molar-refractivity contribution in [3.05, 3.63) is 64.7 Å². The molecule has 0 aromatic heterocycles. The molecule has 0 aliphatic carbocycles. The van der Waals surface area contributed by atoms with Crippen molar-refractivity contribution in [2.45, 2.75) is 13.0 Å². The van der Waals surface area contributed by atoms with E-state index >= 15 is 0 Å². The number of fused-ring (bicyclic) bond motifs is 1. The fourth-order valence-corrected chi connectivity index (χ4v) is 2.46. The minimum Gasteiger partial charge on any atom is -0.382 e. The summed E-state index contributed by atoms with van der Waals surface area (Å²) in [6.45, 7) is 2.95. The average molecular weight is 271 g/mol. The summed E-state index contributed by atoms with van der Waals surface area (Å²) < 4.78 is 0. The lowest BCUT2D eigenvalue weighted by Crippen LogP contribution is -2.12. The minimum absolute atomic E-state index is 0.237. The van der Waals surface area contributed by atoms with Gasteiger partial charge in [-0.05, 0) is 25.1 Å². The van der Waals surface area contributed by atoms with E-state index in [1.165, 1.54) is 0 Å². The van der Waals surface area contributed by atoms with Crippen LogP contribution in [-0.4, -0.2) is 18.3 Å². The molecule has 0 radical (unpaired) electrons. The Bertz CT molecular complexity index is 620. The van der Waals surface area contributed by atoms with E-state index in [-0.39, 0.29) is 6.04 Å². The molecule has 0 unspecified atom stereocenters. The summed E-state index contributed by atoms with van der Waals surface area (Å²) >= 11 is 6.14. The molecule has 96 valence electrons. The second kappa shape index (κ2) is 5.06. The van der Waals surface area contributed by atoms with Gasteiger partial charge < -0.3 is 5.32 Å². The summed E-state index contributed by atoms with van der Waals surface area (Å²) in [5, 5.41) is 4.16. The minimum atomic E-state index is 0.237. The number of benzene rings is 2. The number of benzodiazepines with no additional fused rings is 1. The first-order valence-corrected chi connectivity index (χ1v) is 6.79. The van der Waals surface area contributed by atoms with Crippen LogP contribution < -0.4 is 5.32 Å². The molecule has 2 aromatic rings. The molecule has 0 amide bonds. The van der Waals surface area contributed by atoms with Crippen LogP contribution in [0.2, 0.25) is 5.02 Å². The number of hydrogen-bond donors (Lipinski definition) is 1. The highest BCUT2D eigenvalue weighted by molar-refractivity contribution is 6.31. The second-order valence-electron chi connectivity index (χ2n) is 4.76. The molecule has 3 heteroatoms. The molecule has 3 rings (SSSR count). The van der Waals surface area contributed by atoms with Crippen LogP contribution in [0, 0.1) is 0 Å². The summed E-state index contributed by atoms with van der Waals surface area (Å²) in [6.07, 6.45) is 0. The van der Waals surface area contributed by atoms with Crippen LogP contribution in [-0.2, 0) is 0 Å². The predicted molar refractivity (Wildman–Crippen MR) is 81.5 cm³/mol. The summed E-state index contributed by atoms with van der Waals surface area (Å²) in [5.41, 5.74) is 4.30. The van der Waals surface area contributed by atoms with E-state index in [0.717, 1.165) is 34.1 Å². The molecule has 1 aliphatic rings. The third-order valence-electron chi connectivity index (χ3n) is 3.22. The highest BCUT2D eigenvalue weighted by Crippen LogP contribution is 2.26. The van der Waals surface area contributed by atoms with Crippen molar-refractivity contribution in [2.75, 3.05) is 11.9 Å². The summed E-state index contributed by atoms with van der Waals surface area (Å²) in [6, 6.07) is 16.4. The maximum absolute atomic E-state index is 6.14. The van der Waals surface area contributed by atoms with Crippen molar-refractivity contribution in [3.63, 3.8) is 0 Å². The molecule has 0 saturated carbocycles. The van der Waals surface area contributed by atoms with Crippen molar-refractivity contribution in [3.8, 4) is 0 Å². The van der Waals surface area contributed by atoms with E-state index in [1.54, 1.807) is 0 Å². The van der Waals surface area contributed by atoms with E-state index in [2.05, 4.69) is 24.4 Å². The average Bonchev–Trinajstić information content (AvgIpc) is 2.59. The highest BCUT2D eigenvalue weighted by Gasteiger charge is 2.17. The molecule has 2 aromatic carbocycles. The van der Waals surface area contributed by atoms with Crippen LogP contribution in [0.5, 0.6) is 0 Å². The largest absolute Gasteiger partial charge is 0.382 e. The van der Waals surface area contributed by atoms with Gasteiger partial charge in [-0.2, -0.15) is 0 Å². The van der Waals surface area contributed by atoms with Crippen LogP contribution in [0.15, 0.2) is 53.5 Å². The van der Waals surface area contributed by atoms with E-state index in [0.29, 0.717) is 0 Å². The monoisotopic (exact) mass is 270 g/mol. The molecule has 19 heavy (non-hydrogen) atoms. The van der Waals surface area contributed by atoms with Crippen LogP contribution in [0.1, 0.15) is 18.1 Å².